The van der Waals surface area contributed by atoms with Crippen LogP contribution in [-0.4, -0.2) is 48.7 Å². The number of nitrogens with zero attached hydrogens (tertiary/aromatic N) is 2. The lowest BCUT2D eigenvalue weighted by molar-refractivity contribution is 0.0421. The molecule has 2 heterocycles. The van der Waals surface area contributed by atoms with E-state index in [9.17, 15) is 4.79 Å². The van der Waals surface area contributed by atoms with Crippen LogP contribution in [0.3, 0.4) is 0 Å². The lowest BCUT2D eigenvalue weighted by Gasteiger charge is -2.35. The van der Waals surface area contributed by atoms with Crippen LogP contribution in [0.15, 0.2) is 18.2 Å². The Bertz CT molecular complexity index is 486. The standard InChI is InChI=1S/C14H17ClN2O2/c15-13-2-1-11-3-4-17(10-12(11)9-13)14(18)16-5-7-19-8-6-16/h1-2,9H,3-8,10H2. The van der Waals surface area contributed by atoms with E-state index >= 15 is 0 Å². The zero-order valence-electron chi connectivity index (χ0n) is 10.8. The highest BCUT2D eigenvalue weighted by Crippen LogP contribution is 2.23. The van der Waals surface area contributed by atoms with E-state index in [-0.39, 0.29) is 6.03 Å². The highest BCUT2D eigenvalue weighted by atomic mass is 35.5. The molecule has 19 heavy (non-hydrogen) atoms. The third kappa shape index (κ3) is 2.69. The molecular weight excluding hydrogens is 264 g/mol. The molecule has 0 unspecified atom stereocenters. The van der Waals surface area contributed by atoms with E-state index in [1.165, 1.54) is 11.1 Å². The van der Waals surface area contributed by atoms with Crippen LogP contribution in [0.5, 0.6) is 0 Å². The summed E-state index contributed by atoms with van der Waals surface area (Å²) in [6.07, 6.45) is 0.905. The molecule has 0 aliphatic carbocycles. The molecule has 0 atom stereocenters. The summed E-state index contributed by atoms with van der Waals surface area (Å²) in [4.78, 5) is 16.2. The second kappa shape index (κ2) is 5.39. The number of morpholine rings is 1. The third-order valence-electron chi connectivity index (χ3n) is 3.73. The first-order chi connectivity index (χ1) is 9.24. The molecule has 4 nitrogen and oxygen atoms in total. The van der Waals surface area contributed by atoms with Gasteiger partial charge in [0.1, 0.15) is 0 Å². The number of ether oxygens (including phenoxy) is 1. The Hall–Kier alpha value is -1.26. The molecular formula is C14H17ClN2O2. The monoisotopic (exact) mass is 280 g/mol. The minimum absolute atomic E-state index is 0.119. The van der Waals surface area contributed by atoms with Gasteiger partial charge in [-0.25, -0.2) is 4.79 Å². The summed E-state index contributed by atoms with van der Waals surface area (Å²) in [5.41, 5.74) is 2.47. The number of benzene rings is 1. The molecule has 0 radical (unpaired) electrons. The molecule has 0 aromatic heterocycles. The molecule has 1 aromatic rings. The van der Waals surface area contributed by atoms with Crippen LogP contribution < -0.4 is 0 Å². The van der Waals surface area contributed by atoms with E-state index in [1.54, 1.807) is 0 Å². The largest absolute Gasteiger partial charge is 0.378 e. The van der Waals surface area contributed by atoms with Crippen molar-refractivity contribution in [2.45, 2.75) is 13.0 Å². The Labute approximate surface area is 117 Å². The molecule has 2 aliphatic rings. The maximum Gasteiger partial charge on any atom is 0.320 e. The van der Waals surface area contributed by atoms with E-state index in [0.29, 0.717) is 32.8 Å². The first-order valence-electron chi connectivity index (χ1n) is 6.63. The maximum absolute atomic E-state index is 12.4. The second-order valence-corrected chi connectivity index (χ2v) is 5.40. The van der Waals surface area contributed by atoms with Crippen LogP contribution in [0, 0.1) is 0 Å². The molecule has 0 N–H and O–H groups in total. The van der Waals surface area contributed by atoms with E-state index < -0.39 is 0 Å². The van der Waals surface area contributed by atoms with E-state index in [2.05, 4.69) is 6.07 Å². The Balaban J connectivity index is 1.72. The van der Waals surface area contributed by atoms with Crippen molar-refractivity contribution < 1.29 is 9.53 Å². The van der Waals surface area contributed by atoms with Crippen molar-refractivity contribution in [2.75, 3.05) is 32.8 Å². The molecule has 0 saturated carbocycles. The lowest BCUT2D eigenvalue weighted by Crippen LogP contribution is -2.49. The van der Waals surface area contributed by atoms with Crippen molar-refractivity contribution in [3.05, 3.63) is 34.3 Å². The molecule has 3 rings (SSSR count). The summed E-state index contributed by atoms with van der Waals surface area (Å²) in [6, 6.07) is 6.07. The smallest absolute Gasteiger partial charge is 0.320 e. The van der Waals surface area contributed by atoms with Gasteiger partial charge in [0, 0.05) is 31.2 Å². The lowest BCUT2D eigenvalue weighted by atomic mass is 10.0. The topological polar surface area (TPSA) is 32.8 Å². The number of fused-ring (bicyclic) bond motifs is 1. The number of carbonyl (C=O) groups excluding carboxylic acids is 1. The quantitative estimate of drug-likeness (QED) is 0.729. The third-order valence-corrected chi connectivity index (χ3v) is 3.97. The van der Waals surface area contributed by atoms with Gasteiger partial charge in [-0.2, -0.15) is 0 Å². The van der Waals surface area contributed by atoms with Gasteiger partial charge in [0.15, 0.2) is 0 Å². The zero-order chi connectivity index (χ0) is 13.2. The van der Waals surface area contributed by atoms with Crippen molar-refractivity contribution in [1.29, 1.82) is 0 Å². The fourth-order valence-electron chi connectivity index (χ4n) is 2.64. The molecule has 0 bridgehead atoms. The highest BCUT2D eigenvalue weighted by Gasteiger charge is 2.26. The first kappa shape index (κ1) is 12.8. The highest BCUT2D eigenvalue weighted by molar-refractivity contribution is 6.30. The Kier molecular flexibility index (Phi) is 3.62. The van der Waals surface area contributed by atoms with Crippen LogP contribution in [0.1, 0.15) is 11.1 Å². The molecule has 2 amide bonds. The Morgan fingerprint density at radius 3 is 2.68 bits per heavy atom. The number of carbonyl (C=O) groups is 1. The second-order valence-electron chi connectivity index (χ2n) is 4.97. The van der Waals surface area contributed by atoms with Gasteiger partial charge in [0.2, 0.25) is 0 Å². The predicted molar refractivity (Wildman–Crippen MR) is 73.4 cm³/mol. The van der Waals surface area contributed by atoms with E-state index in [1.807, 2.05) is 21.9 Å². The number of amides is 2. The Morgan fingerprint density at radius 1 is 1.11 bits per heavy atom. The van der Waals surface area contributed by atoms with Gasteiger partial charge in [-0.15, -0.1) is 0 Å². The molecule has 5 heteroatoms. The number of hydrogen-bond acceptors (Lipinski definition) is 2. The van der Waals surface area contributed by atoms with Gasteiger partial charge >= 0.3 is 6.03 Å². The fraction of sp³-hybridized carbons (Fsp3) is 0.500. The van der Waals surface area contributed by atoms with Gasteiger partial charge in [0.25, 0.3) is 0 Å². The van der Waals surface area contributed by atoms with Gasteiger partial charge < -0.3 is 14.5 Å². The van der Waals surface area contributed by atoms with Crippen molar-refractivity contribution in [3.63, 3.8) is 0 Å². The van der Waals surface area contributed by atoms with Crippen molar-refractivity contribution >= 4 is 17.6 Å². The molecule has 1 saturated heterocycles. The summed E-state index contributed by atoms with van der Waals surface area (Å²) in [5.74, 6) is 0. The summed E-state index contributed by atoms with van der Waals surface area (Å²) in [6.45, 7) is 4.11. The molecule has 2 aliphatic heterocycles. The average molecular weight is 281 g/mol. The SMILES string of the molecule is O=C(N1CCOCC1)N1CCc2ccc(Cl)cc2C1. The van der Waals surface area contributed by atoms with Gasteiger partial charge in [0.05, 0.1) is 13.2 Å². The van der Waals surface area contributed by atoms with Crippen molar-refractivity contribution in [2.24, 2.45) is 0 Å². The maximum atomic E-state index is 12.4. The summed E-state index contributed by atoms with van der Waals surface area (Å²) in [5, 5.41) is 0.736. The molecule has 102 valence electrons. The predicted octanol–water partition coefficient (Wildman–Crippen LogP) is 2.15. The van der Waals surface area contributed by atoms with Crippen LogP contribution >= 0.6 is 11.6 Å². The normalized spacial score (nSPS) is 19.2. The summed E-state index contributed by atoms with van der Waals surface area (Å²) < 4.78 is 5.28. The van der Waals surface area contributed by atoms with Gasteiger partial charge in [-0.05, 0) is 29.7 Å². The molecule has 1 aromatic carbocycles. The van der Waals surface area contributed by atoms with Crippen LogP contribution in [0.4, 0.5) is 4.79 Å². The number of urea groups is 1. The van der Waals surface area contributed by atoms with E-state index in [0.717, 1.165) is 18.0 Å². The number of hydrogen-bond donors (Lipinski definition) is 0. The molecule has 1 fully saturated rings. The minimum Gasteiger partial charge on any atom is -0.378 e. The van der Waals surface area contributed by atoms with Crippen molar-refractivity contribution in [1.82, 2.24) is 9.80 Å². The van der Waals surface area contributed by atoms with Gasteiger partial charge in [-0.1, -0.05) is 17.7 Å². The van der Waals surface area contributed by atoms with E-state index in [4.69, 9.17) is 16.3 Å². The fourth-order valence-corrected chi connectivity index (χ4v) is 2.84. The summed E-state index contributed by atoms with van der Waals surface area (Å²) in [7, 11) is 0. The van der Waals surface area contributed by atoms with Crippen molar-refractivity contribution in [3.8, 4) is 0 Å². The van der Waals surface area contributed by atoms with Crippen LogP contribution in [-0.2, 0) is 17.7 Å². The van der Waals surface area contributed by atoms with Crippen LogP contribution in [0.25, 0.3) is 0 Å². The summed E-state index contributed by atoms with van der Waals surface area (Å²) >= 11 is 6.02. The number of halogens is 1. The number of rotatable bonds is 0. The molecule has 0 spiro atoms. The Morgan fingerprint density at radius 2 is 1.89 bits per heavy atom. The first-order valence-corrected chi connectivity index (χ1v) is 7.01. The minimum atomic E-state index is 0.119. The van der Waals surface area contributed by atoms with Gasteiger partial charge in [-0.3, -0.25) is 0 Å². The average Bonchev–Trinajstić information content (AvgIpc) is 2.46. The van der Waals surface area contributed by atoms with Crippen LogP contribution in [0.2, 0.25) is 5.02 Å². The zero-order valence-corrected chi connectivity index (χ0v) is 11.5.